The van der Waals surface area contributed by atoms with E-state index < -0.39 is 46.3 Å². The molecule has 0 aliphatic heterocycles. The van der Waals surface area contributed by atoms with Crippen molar-refractivity contribution in [2.45, 2.75) is 0 Å². The van der Waals surface area contributed by atoms with Gasteiger partial charge in [-0.1, -0.05) is 0 Å². The highest BCUT2D eigenvalue weighted by molar-refractivity contribution is 5.55. The summed E-state index contributed by atoms with van der Waals surface area (Å²) in [6.07, 6.45) is 0.548. The molecule has 0 saturated carbocycles. The molecule has 2 heterocycles. The summed E-state index contributed by atoms with van der Waals surface area (Å²) in [7, 11) is 0. The zero-order valence-corrected chi connectivity index (χ0v) is 8.32. The van der Waals surface area contributed by atoms with Gasteiger partial charge in [0.2, 0.25) is 0 Å². The number of pyridine rings is 2. The van der Waals surface area contributed by atoms with Crippen molar-refractivity contribution in [2.24, 2.45) is 0 Å². The van der Waals surface area contributed by atoms with Crippen LogP contribution in [-0.2, 0) is 0 Å². The van der Waals surface area contributed by atoms with E-state index in [1.54, 1.807) is 0 Å². The van der Waals surface area contributed by atoms with Gasteiger partial charge in [-0.05, 0) is 0 Å². The second-order valence-electron chi connectivity index (χ2n) is 3.17. The maximum atomic E-state index is 13.3. The lowest BCUT2D eigenvalue weighted by molar-refractivity contribution is 0.434. The van der Waals surface area contributed by atoms with Gasteiger partial charge in [0, 0.05) is 0 Å². The van der Waals surface area contributed by atoms with Crippen molar-refractivity contribution < 1.29 is 26.3 Å². The summed E-state index contributed by atoms with van der Waals surface area (Å²) in [6.45, 7) is 0. The van der Waals surface area contributed by atoms with Gasteiger partial charge in [-0.3, -0.25) is 0 Å². The summed E-state index contributed by atoms with van der Waals surface area (Å²) in [4.78, 5) is 6.12. The maximum Gasteiger partial charge on any atom is 0.198 e. The van der Waals surface area contributed by atoms with Crippen molar-refractivity contribution in [1.29, 1.82) is 0 Å². The van der Waals surface area contributed by atoms with Gasteiger partial charge < -0.3 is 0 Å². The average molecular weight is 264 g/mol. The maximum absolute atomic E-state index is 13.3. The van der Waals surface area contributed by atoms with Crippen LogP contribution in [0.1, 0.15) is 0 Å². The molecule has 94 valence electrons. The largest absolute Gasteiger partial charge is 0.248 e. The summed E-state index contributed by atoms with van der Waals surface area (Å²) in [6, 6.07) is 0. The van der Waals surface area contributed by atoms with Crippen LogP contribution in [-0.4, -0.2) is 9.97 Å². The normalized spacial score (nSPS) is 10.8. The minimum absolute atomic E-state index is 0.274. The number of hydrogen-bond acceptors (Lipinski definition) is 2. The fraction of sp³-hybridized carbons (Fsp3) is 0. The Morgan fingerprint density at radius 1 is 0.556 bits per heavy atom. The Bertz CT molecular complexity index is 573. The molecule has 0 atom stereocenters. The molecule has 2 nitrogen and oxygen atoms in total. The molecule has 0 aliphatic carbocycles. The lowest BCUT2D eigenvalue weighted by atomic mass is 10.2. The molecule has 0 radical (unpaired) electrons. The minimum atomic E-state index is -1.91. The Morgan fingerprint density at radius 3 is 1.22 bits per heavy atom. The summed E-state index contributed by atoms with van der Waals surface area (Å²) >= 11 is 0. The Morgan fingerprint density at radius 2 is 0.889 bits per heavy atom. The molecule has 0 saturated heterocycles. The van der Waals surface area contributed by atoms with E-state index in [-0.39, 0.29) is 12.4 Å². The monoisotopic (exact) mass is 264 g/mol. The topological polar surface area (TPSA) is 25.8 Å². The van der Waals surface area contributed by atoms with Crippen LogP contribution in [0.15, 0.2) is 12.4 Å². The van der Waals surface area contributed by atoms with E-state index in [2.05, 4.69) is 9.97 Å². The van der Waals surface area contributed by atoms with Crippen LogP contribution in [0.3, 0.4) is 0 Å². The predicted octanol–water partition coefficient (Wildman–Crippen LogP) is 2.98. The number of rotatable bonds is 1. The van der Waals surface area contributed by atoms with Crippen LogP contribution >= 0.6 is 0 Å². The first-order valence-electron chi connectivity index (χ1n) is 4.42. The molecule has 0 aliphatic rings. The first kappa shape index (κ1) is 12.3. The highest BCUT2D eigenvalue weighted by Crippen LogP contribution is 2.25. The summed E-state index contributed by atoms with van der Waals surface area (Å²) in [5, 5.41) is 0. The lowest BCUT2D eigenvalue weighted by Gasteiger charge is -2.05. The summed E-state index contributed by atoms with van der Waals surface area (Å²) < 4.78 is 77.5. The first-order chi connectivity index (χ1) is 8.43. The smallest absolute Gasteiger partial charge is 0.198 e. The third-order valence-electron chi connectivity index (χ3n) is 2.06. The second kappa shape index (κ2) is 4.28. The molecule has 0 N–H and O–H groups in total. The molecule has 0 aromatic carbocycles. The summed E-state index contributed by atoms with van der Waals surface area (Å²) in [5.41, 5.74) is -2.10. The molecule has 0 fully saturated rings. The van der Waals surface area contributed by atoms with E-state index in [0.29, 0.717) is 0 Å². The van der Waals surface area contributed by atoms with Crippen LogP contribution < -0.4 is 0 Å². The van der Waals surface area contributed by atoms with Gasteiger partial charge in [0.25, 0.3) is 0 Å². The molecule has 2 rings (SSSR count). The minimum Gasteiger partial charge on any atom is -0.248 e. The van der Waals surface area contributed by atoms with Crippen molar-refractivity contribution in [3.8, 4) is 11.4 Å². The van der Waals surface area contributed by atoms with Crippen molar-refractivity contribution in [3.63, 3.8) is 0 Å². The van der Waals surface area contributed by atoms with E-state index >= 15 is 0 Å². The van der Waals surface area contributed by atoms with E-state index in [1.807, 2.05) is 0 Å². The van der Waals surface area contributed by atoms with E-state index in [0.717, 1.165) is 0 Å². The SMILES string of the molecule is Fc1cnc(-c2ncc(F)c(F)c2F)c(F)c1F. The third kappa shape index (κ3) is 1.79. The van der Waals surface area contributed by atoms with Gasteiger partial charge in [0.1, 0.15) is 11.4 Å². The quantitative estimate of drug-likeness (QED) is 0.740. The van der Waals surface area contributed by atoms with Gasteiger partial charge in [-0.2, -0.15) is 0 Å². The molecule has 0 unspecified atom stereocenters. The average Bonchev–Trinajstić information content (AvgIpc) is 2.35. The lowest BCUT2D eigenvalue weighted by Crippen LogP contribution is -2.03. The Hall–Kier alpha value is -2.12. The van der Waals surface area contributed by atoms with Crippen molar-refractivity contribution in [1.82, 2.24) is 9.97 Å². The molecule has 0 bridgehead atoms. The van der Waals surface area contributed by atoms with Crippen LogP contribution in [0.4, 0.5) is 26.3 Å². The molecule has 18 heavy (non-hydrogen) atoms. The highest BCUT2D eigenvalue weighted by atomic mass is 19.2. The molecular formula is C10H2F6N2. The zero-order valence-electron chi connectivity index (χ0n) is 8.32. The van der Waals surface area contributed by atoms with Crippen LogP contribution in [0.5, 0.6) is 0 Å². The highest BCUT2D eigenvalue weighted by Gasteiger charge is 2.23. The molecule has 0 amide bonds. The third-order valence-corrected chi connectivity index (χ3v) is 2.06. The molecular weight excluding hydrogens is 262 g/mol. The van der Waals surface area contributed by atoms with Crippen LogP contribution in [0.25, 0.3) is 11.4 Å². The Labute approximate surface area is 95.9 Å². The number of hydrogen-bond donors (Lipinski definition) is 0. The molecule has 2 aromatic rings. The Balaban J connectivity index is 2.71. The fourth-order valence-electron chi connectivity index (χ4n) is 1.22. The number of aromatic nitrogens is 2. The zero-order chi connectivity index (χ0) is 13.4. The van der Waals surface area contributed by atoms with Crippen molar-refractivity contribution >= 4 is 0 Å². The van der Waals surface area contributed by atoms with E-state index in [4.69, 9.17) is 0 Å². The second-order valence-corrected chi connectivity index (χ2v) is 3.17. The van der Waals surface area contributed by atoms with Crippen molar-refractivity contribution in [2.75, 3.05) is 0 Å². The number of nitrogens with zero attached hydrogens (tertiary/aromatic N) is 2. The molecule has 0 spiro atoms. The van der Waals surface area contributed by atoms with Gasteiger partial charge in [0.05, 0.1) is 12.4 Å². The van der Waals surface area contributed by atoms with E-state index in [9.17, 15) is 26.3 Å². The fourth-order valence-corrected chi connectivity index (χ4v) is 1.22. The van der Waals surface area contributed by atoms with Crippen LogP contribution in [0, 0.1) is 34.9 Å². The molecule has 2 aromatic heterocycles. The Kier molecular flexibility index (Phi) is 2.93. The van der Waals surface area contributed by atoms with Gasteiger partial charge in [0.15, 0.2) is 34.9 Å². The first-order valence-corrected chi connectivity index (χ1v) is 4.42. The van der Waals surface area contributed by atoms with Gasteiger partial charge >= 0.3 is 0 Å². The van der Waals surface area contributed by atoms with Gasteiger partial charge in [-0.25, -0.2) is 36.3 Å². The van der Waals surface area contributed by atoms with Crippen molar-refractivity contribution in [3.05, 3.63) is 47.3 Å². The van der Waals surface area contributed by atoms with Crippen LogP contribution in [0.2, 0.25) is 0 Å². The standard InChI is InChI=1S/C10H2F6N2/c11-3-1-17-9(7(15)5(3)13)10-8(16)6(14)4(12)2-18-10/h1-2H. The van der Waals surface area contributed by atoms with E-state index in [1.165, 1.54) is 0 Å². The van der Waals surface area contributed by atoms with Gasteiger partial charge in [-0.15, -0.1) is 0 Å². The summed E-state index contributed by atoms with van der Waals surface area (Å²) in [5.74, 6) is -10.7. The number of halogens is 6. The molecule has 8 heteroatoms. The predicted molar refractivity (Wildman–Crippen MR) is 47.2 cm³/mol.